The maximum absolute atomic E-state index is 12.9. The molecule has 1 aliphatic rings. The molecule has 6 heteroatoms. The van der Waals surface area contributed by atoms with Crippen LogP contribution in [0.25, 0.3) is 0 Å². The van der Waals surface area contributed by atoms with Gasteiger partial charge in [0.2, 0.25) is 0 Å². The lowest BCUT2D eigenvalue weighted by molar-refractivity contribution is -0.187. The molecule has 0 radical (unpaired) electrons. The van der Waals surface area contributed by atoms with Crippen molar-refractivity contribution in [2.24, 2.45) is 5.92 Å². The van der Waals surface area contributed by atoms with Gasteiger partial charge in [-0.25, -0.2) is 0 Å². The summed E-state index contributed by atoms with van der Waals surface area (Å²) >= 11 is 0. The molecule has 0 unspecified atom stereocenters. The van der Waals surface area contributed by atoms with Gasteiger partial charge in [0.25, 0.3) is 5.91 Å². The first-order chi connectivity index (χ1) is 8.89. The van der Waals surface area contributed by atoms with Crippen LogP contribution in [0.2, 0.25) is 0 Å². The molecule has 0 aromatic carbocycles. The van der Waals surface area contributed by atoms with Crippen molar-refractivity contribution in [3.63, 3.8) is 0 Å². The molecule has 1 aromatic heterocycles. The molecule has 1 aromatic rings. The molecule has 1 saturated carbocycles. The molecule has 19 heavy (non-hydrogen) atoms. The van der Waals surface area contributed by atoms with Crippen molar-refractivity contribution in [2.45, 2.75) is 44.8 Å². The number of hydrogen-bond acceptors (Lipinski definition) is 2. The molecule has 1 heterocycles. The van der Waals surface area contributed by atoms with Gasteiger partial charge in [-0.2, -0.15) is 13.2 Å². The fraction of sp³-hybridized carbons (Fsp3) is 0.615. The Morgan fingerprint density at radius 2 is 2.05 bits per heavy atom. The summed E-state index contributed by atoms with van der Waals surface area (Å²) in [6.45, 7) is 1.68. The summed E-state index contributed by atoms with van der Waals surface area (Å²) in [6.07, 6.45) is -1.23. The van der Waals surface area contributed by atoms with Crippen LogP contribution in [0.1, 0.15) is 41.8 Å². The van der Waals surface area contributed by atoms with E-state index < -0.39 is 24.0 Å². The molecule has 106 valence electrons. The van der Waals surface area contributed by atoms with Gasteiger partial charge in [-0.1, -0.05) is 12.8 Å². The summed E-state index contributed by atoms with van der Waals surface area (Å²) in [5.74, 6) is -1.93. The fourth-order valence-corrected chi connectivity index (χ4v) is 2.53. The van der Waals surface area contributed by atoms with Crippen LogP contribution in [0.15, 0.2) is 16.7 Å². The SMILES string of the molecule is Cc1ccoc1C(=O)N[C@H]1CCCC[C@@H]1C(F)(F)F. The predicted molar refractivity (Wildman–Crippen MR) is 62.7 cm³/mol. The molecule has 3 nitrogen and oxygen atoms in total. The molecule has 2 rings (SSSR count). The summed E-state index contributed by atoms with van der Waals surface area (Å²) in [5, 5.41) is 2.47. The lowest BCUT2D eigenvalue weighted by Crippen LogP contribution is -2.47. The van der Waals surface area contributed by atoms with E-state index in [-0.39, 0.29) is 12.2 Å². The van der Waals surface area contributed by atoms with Crippen LogP contribution in [0, 0.1) is 12.8 Å². The fourth-order valence-electron chi connectivity index (χ4n) is 2.53. The molecule has 1 N–H and O–H groups in total. The van der Waals surface area contributed by atoms with Gasteiger partial charge in [0.1, 0.15) is 0 Å². The molecular weight excluding hydrogens is 259 g/mol. The Labute approximate surface area is 109 Å². The maximum Gasteiger partial charge on any atom is 0.393 e. The van der Waals surface area contributed by atoms with E-state index in [2.05, 4.69) is 5.32 Å². The summed E-state index contributed by atoms with van der Waals surface area (Å²) in [6, 6.07) is 0.752. The minimum absolute atomic E-state index is 0.0750. The third kappa shape index (κ3) is 3.11. The quantitative estimate of drug-likeness (QED) is 0.898. The second-order valence-corrected chi connectivity index (χ2v) is 4.95. The second-order valence-electron chi connectivity index (χ2n) is 4.95. The molecular formula is C13H16F3NO2. The smallest absolute Gasteiger partial charge is 0.393 e. The van der Waals surface area contributed by atoms with Crippen molar-refractivity contribution in [3.8, 4) is 0 Å². The van der Waals surface area contributed by atoms with Crippen LogP contribution in [-0.2, 0) is 0 Å². The Bertz CT molecular complexity index is 453. The van der Waals surface area contributed by atoms with Gasteiger partial charge < -0.3 is 9.73 Å². The normalized spacial score (nSPS) is 24.2. The molecule has 0 aliphatic heterocycles. The number of rotatable bonds is 2. The zero-order valence-electron chi connectivity index (χ0n) is 10.6. The average Bonchev–Trinajstić information content (AvgIpc) is 2.75. The number of carbonyl (C=O) groups excluding carboxylic acids is 1. The number of aryl methyl sites for hydroxylation is 1. The minimum Gasteiger partial charge on any atom is -0.459 e. The van der Waals surface area contributed by atoms with E-state index in [1.54, 1.807) is 13.0 Å². The Kier molecular flexibility index (Phi) is 3.87. The topological polar surface area (TPSA) is 42.2 Å². The van der Waals surface area contributed by atoms with Crippen molar-refractivity contribution in [1.29, 1.82) is 0 Å². The summed E-state index contributed by atoms with van der Waals surface area (Å²) in [5.41, 5.74) is 0.622. The monoisotopic (exact) mass is 275 g/mol. The van der Waals surface area contributed by atoms with Crippen LogP contribution in [0.4, 0.5) is 13.2 Å². The Morgan fingerprint density at radius 3 is 2.63 bits per heavy atom. The molecule has 0 bridgehead atoms. The zero-order chi connectivity index (χ0) is 14.0. The van der Waals surface area contributed by atoms with Crippen LogP contribution < -0.4 is 5.32 Å². The number of halogens is 3. The Morgan fingerprint density at radius 1 is 1.37 bits per heavy atom. The van der Waals surface area contributed by atoms with Crippen molar-refractivity contribution in [1.82, 2.24) is 5.32 Å². The summed E-state index contributed by atoms with van der Waals surface area (Å²) in [7, 11) is 0. The van der Waals surface area contributed by atoms with Crippen molar-refractivity contribution in [3.05, 3.63) is 23.7 Å². The first-order valence-corrected chi connectivity index (χ1v) is 6.31. The maximum atomic E-state index is 12.9. The number of nitrogens with one attached hydrogen (secondary N) is 1. The van der Waals surface area contributed by atoms with Crippen LogP contribution in [0.3, 0.4) is 0 Å². The highest BCUT2D eigenvalue weighted by Gasteiger charge is 2.46. The van der Waals surface area contributed by atoms with E-state index in [9.17, 15) is 18.0 Å². The first kappa shape index (κ1) is 14.0. The Hall–Kier alpha value is -1.46. The average molecular weight is 275 g/mol. The summed E-state index contributed by atoms with van der Waals surface area (Å²) in [4.78, 5) is 11.9. The van der Waals surface area contributed by atoms with Crippen LogP contribution in [-0.4, -0.2) is 18.1 Å². The second kappa shape index (κ2) is 5.27. The van der Waals surface area contributed by atoms with Crippen molar-refractivity contribution >= 4 is 5.91 Å². The molecule has 0 saturated heterocycles. The van der Waals surface area contributed by atoms with Crippen LogP contribution in [0.5, 0.6) is 0 Å². The zero-order valence-corrected chi connectivity index (χ0v) is 10.6. The van der Waals surface area contributed by atoms with Gasteiger partial charge in [0.15, 0.2) is 5.76 Å². The number of hydrogen-bond donors (Lipinski definition) is 1. The number of furan rings is 1. The highest BCUT2D eigenvalue weighted by molar-refractivity contribution is 5.93. The van der Waals surface area contributed by atoms with E-state index in [4.69, 9.17) is 4.42 Å². The largest absolute Gasteiger partial charge is 0.459 e. The van der Waals surface area contributed by atoms with Crippen LogP contribution >= 0.6 is 0 Å². The molecule has 1 aliphatic carbocycles. The predicted octanol–water partition coefficient (Wildman–Crippen LogP) is 3.44. The first-order valence-electron chi connectivity index (χ1n) is 6.31. The molecule has 2 atom stereocenters. The van der Waals surface area contributed by atoms with Gasteiger partial charge in [-0.3, -0.25) is 4.79 Å². The van der Waals surface area contributed by atoms with E-state index in [1.807, 2.05) is 0 Å². The molecule has 1 amide bonds. The highest BCUT2D eigenvalue weighted by atomic mass is 19.4. The lowest BCUT2D eigenvalue weighted by Gasteiger charge is -2.33. The van der Waals surface area contributed by atoms with E-state index >= 15 is 0 Å². The van der Waals surface area contributed by atoms with Crippen molar-refractivity contribution in [2.75, 3.05) is 0 Å². The molecule has 0 spiro atoms. The van der Waals surface area contributed by atoms with E-state index in [0.29, 0.717) is 24.8 Å². The standard InChI is InChI=1S/C13H16F3NO2/c1-8-6-7-19-11(8)12(18)17-10-5-3-2-4-9(10)13(14,15)16/h6-7,9-10H,2-5H2,1H3,(H,17,18)/t9-,10-/m0/s1. The number of amides is 1. The van der Waals surface area contributed by atoms with Gasteiger partial charge in [-0.05, 0) is 25.8 Å². The van der Waals surface area contributed by atoms with Crippen molar-refractivity contribution < 1.29 is 22.4 Å². The van der Waals surface area contributed by atoms with Gasteiger partial charge >= 0.3 is 6.18 Å². The lowest BCUT2D eigenvalue weighted by atomic mass is 9.84. The summed E-state index contributed by atoms with van der Waals surface area (Å²) < 4.78 is 43.7. The minimum atomic E-state index is -4.27. The third-order valence-corrected chi connectivity index (χ3v) is 3.57. The highest BCUT2D eigenvalue weighted by Crippen LogP contribution is 2.37. The van der Waals surface area contributed by atoms with Gasteiger partial charge in [0, 0.05) is 11.6 Å². The van der Waals surface area contributed by atoms with E-state index in [1.165, 1.54) is 6.26 Å². The van der Waals surface area contributed by atoms with Gasteiger partial charge in [-0.15, -0.1) is 0 Å². The molecule has 1 fully saturated rings. The third-order valence-electron chi connectivity index (χ3n) is 3.57. The van der Waals surface area contributed by atoms with Gasteiger partial charge in [0.05, 0.1) is 12.2 Å². The van der Waals surface area contributed by atoms with E-state index in [0.717, 1.165) is 0 Å². The number of alkyl halides is 3. The number of carbonyl (C=O) groups is 1. The Balaban J connectivity index is 2.08.